The van der Waals surface area contributed by atoms with Crippen molar-refractivity contribution in [2.24, 2.45) is 0 Å². The highest BCUT2D eigenvalue weighted by molar-refractivity contribution is 5.76. The molecule has 1 aliphatic heterocycles. The Labute approximate surface area is 80.4 Å². The van der Waals surface area contributed by atoms with Crippen molar-refractivity contribution >= 4 is 11.9 Å². The molecule has 1 saturated heterocycles. The fraction of sp³-hybridized carbons (Fsp3) is 0.750. The second-order valence-corrected chi connectivity index (χ2v) is 3.18. The first-order valence-electron chi connectivity index (χ1n) is 4.39. The van der Waals surface area contributed by atoms with Crippen LogP contribution in [0, 0.1) is 0 Å². The molecule has 0 radical (unpaired) electrons. The van der Waals surface area contributed by atoms with Crippen LogP contribution in [0.15, 0.2) is 0 Å². The third-order valence-electron chi connectivity index (χ3n) is 2.01. The van der Waals surface area contributed by atoms with Gasteiger partial charge in [0.1, 0.15) is 0 Å². The molecule has 0 aliphatic carbocycles. The summed E-state index contributed by atoms with van der Waals surface area (Å²) in [4.78, 5) is 29.4. The van der Waals surface area contributed by atoms with Crippen LogP contribution in [0.4, 0.5) is 0 Å². The van der Waals surface area contributed by atoms with Crippen molar-refractivity contribution in [2.75, 3.05) is 0 Å². The van der Waals surface area contributed by atoms with Crippen molar-refractivity contribution in [1.29, 1.82) is 0 Å². The molecule has 0 unspecified atom stereocenters. The standard InChI is InChI=1S/C8H12O6/c9-6(10)4-2-1-3-5-8(7(11)12)13-14-8/h1-5H2,(H,9,10)(H,11,12). The van der Waals surface area contributed by atoms with Gasteiger partial charge in [-0.1, -0.05) is 6.42 Å². The Bertz CT molecular complexity index is 232. The first kappa shape index (κ1) is 10.9. The van der Waals surface area contributed by atoms with E-state index < -0.39 is 17.7 Å². The fourth-order valence-electron chi connectivity index (χ4n) is 1.12. The lowest BCUT2D eigenvalue weighted by Gasteiger charge is -2.00. The molecular weight excluding hydrogens is 192 g/mol. The molecule has 0 aromatic rings. The van der Waals surface area contributed by atoms with Crippen molar-refractivity contribution in [3.63, 3.8) is 0 Å². The van der Waals surface area contributed by atoms with Crippen LogP contribution in [0.5, 0.6) is 0 Å². The Morgan fingerprint density at radius 2 is 1.71 bits per heavy atom. The Morgan fingerprint density at radius 1 is 1.07 bits per heavy atom. The zero-order valence-electron chi connectivity index (χ0n) is 7.56. The molecule has 1 rings (SSSR count). The lowest BCUT2D eigenvalue weighted by atomic mass is 10.1. The van der Waals surface area contributed by atoms with Crippen molar-refractivity contribution in [3.8, 4) is 0 Å². The van der Waals surface area contributed by atoms with E-state index in [2.05, 4.69) is 9.78 Å². The number of carbonyl (C=O) groups is 2. The van der Waals surface area contributed by atoms with Gasteiger partial charge in [0, 0.05) is 12.8 Å². The summed E-state index contributed by atoms with van der Waals surface area (Å²) in [7, 11) is 0. The normalized spacial score (nSPS) is 17.7. The Morgan fingerprint density at radius 3 is 2.14 bits per heavy atom. The zero-order valence-corrected chi connectivity index (χ0v) is 7.56. The number of hydrogen-bond donors (Lipinski definition) is 2. The summed E-state index contributed by atoms with van der Waals surface area (Å²) in [6, 6.07) is 0. The molecule has 1 aliphatic rings. The summed E-state index contributed by atoms with van der Waals surface area (Å²) >= 11 is 0. The fourth-order valence-corrected chi connectivity index (χ4v) is 1.12. The van der Waals surface area contributed by atoms with Gasteiger partial charge in [-0.15, -0.1) is 0 Å². The van der Waals surface area contributed by atoms with Crippen LogP contribution in [-0.2, 0) is 19.4 Å². The van der Waals surface area contributed by atoms with Crippen molar-refractivity contribution < 1.29 is 29.6 Å². The molecule has 2 N–H and O–H groups in total. The molecule has 0 aromatic heterocycles. The maximum absolute atomic E-state index is 10.5. The van der Waals surface area contributed by atoms with E-state index in [1.807, 2.05) is 0 Å². The maximum atomic E-state index is 10.5. The molecule has 0 amide bonds. The third kappa shape index (κ3) is 2.97. The predicted molar refractivity (Wildman–Crippen MR) is 43.3 cm³/mol. The molecule has 1 heterocycles. The molecule has 0 atom stereocenters. The number of aliphatic carboxylic acids is 2. The first-order chi connectivity index (χ1) is 6.57. The van der Waals surface area contributed by atoms with Gasteiger partial charge in [-0.3, -0.25) is 4.79 Å². The van der Waals surface area contributed by atoms with E-state index in [1.165, 1.54) is 0 Å². The highest BCUT2D eigenvalue weighted by Gasteiger charge is 2.56. The largest absolute Gasteiger partial charge is 0.481 e. The van der Waals surface area contributed by atoms with E-state index in [4.69, 9.17) is 10.2 Å². The molecule has 0 aromatic carbocycles. The van der Waals surface area contributed by atoms with Gasteiger partial charge in [0.15, 0.2) is 0 Å². The molecule has 0 saturated carbocycles. The van der Waals surface area contributed by atoms with Gasteiger partial charge < -0.3 is 10.2 Å². The Balaban J connectivity index is 2.04. The summed E-state index contributed by atoms with van der Waals surface area (Å²) in [5.74, 6) is -3.41. The zero-order chi connectivity index (χ0) is 10.6. The number of carboxylic acid groups (broad SMARTS) is 2. The Kier molecular flexibility index (Phi) is 3.43. The average molecular weight is 204 g/mol. The SMILES string of the molecule is O=C(O)CCCCCC1(C(=O)O)OO1. The van der Waals surface area contributed by atoms with Gasteiger partial charge in [0.25, 0.3) is 0 Å². The van der Waals surface area contributed by atoms with Gasteiger partial charge in [-0.25, -0.2) is 4.79 Å². The molecule has 80 valence electrons. The van der Waals surface area contributed by atoms with E-state index in [0.29, 0.717) is 19.3 Å². The Hall–Kier alpha value is -1.14. The van der Waals surface area contributed by atoms with Crippen LogP contribution >= 0.6 is 0 Å². The maximum Gasteiger partial charge on any atom is 0.370 e. The molecule has 0 bridgehead atoms. The molecular formula is C8H12O6. The van der Waals surface area contributed by atoms with Gasteiger partial charge in [0.05, 0.1) is 0 Å². The molecule has 14 heavy (non-hydrogen) atoms. The number of hydrogen-bond acceptors (Lipinski definition) is 4. The van der Waals surface area contributed by atoms with Crippen LogP contribution in [-0.4, -0.2) is 27.9 Å². The predicted octanol–water partition coefficient (Wildman–Crippen LogP) is 0.764. The smallest absolute Gasteiger partial charge is 0.370 e. The van der Waals surface area contributed by atoms with Gasteiger partial charge in [-0.05, 0) is 12.8 Å². The lowest BCUT2D eigenvalue weighted by Crippen LogP contribution is -2.23. The van der Waals surface area contributed by atoms with Gasteiger partial charge >= 0.3 is 17.7 Å². The van der Waals surface area contributed by atoms with Crippen LogP contribution in [0.1, 0.15) is 32.1 Å². The topological polar surface area (TPSA) is 99.7 Å². The monoisotopic (exact) mass is 204 g/mol. The van der Waals surface area contributed by atoms with E-state index in [-0.39, 0.29) is 12.8 Å². The quantitative estimate of drug-likeness (QED) is 0.361. The summed E-state index contributed by atoms with van der Waals surface area (Å²) in [5, 5.41) is 16.9. The van der Waals surface area contributed by atoms with E-state index in [9.17, 15) is 9.59 Å². The number of carboxylic acids is 2. The van der Waals surface area contributed by atoms with Crippen LogP contribution in [0.2, 0.25) is 0 Å². The van der Waals surface area contributed by atoms with Crippen LogP contribution in [0.25, 0.3) is 0 Å². The van der Waals surface area contributed by atoms with Gasteiger partial charge in [0.2, 0.25) is 0 Å². The highest BCUT2D eigenvalue weighted by atomic mass is 17.4. The van der Waals surface area contributed by atoms with E-state index >= 15 is 0 Å². The first-order valence-corrected chi connectivity index (χ1v) is 4.39. The van der Waals surface area contributed by atoms with Crippen molar-refractivity contribution in [1.82, 2.24) is 0 Å². The van der Waals surface area contributed by atoms with Crippen molar-refractivity contribution in [2.45, 2.75) is 37.9 Å². The molecule has 1 fully saturated rings. The number of rotatable bonds is 7. The summed E-state index contributed by atoms with van der Waals surface area (Å²) in [6.45, 7) is 0. The minimum atomic E-state index is -1.44. The molecule has 6 heteroatoms. The minimum Gasteiger partial charge on any atom is -0.481 e. The van der Waals surface area contributed by atoms with E-state index in [0.717, 1.165) is 0 Å². The van der Waals surface area contributed by atoms with Crippen molar-refractivity contribution in [3.05, 3.63) is 0 Å². The van der Waals surface area contributed by atoms with Crippen LogP contribution < -0.4 is 0 Å². The highest BCUT2D eigenvalue weighted by Crippen LogP contribution is 2.35. The van der Waals surface area contributed by atoms with Crippen LogP contribution in [0.3, 0.4) is 0 Å². The second-order valence-electron chi connectivity index (χ2n) is 3.18. The second kappa shape index (κ2) is 4.39. The van der Waals surface area contributed by atoms with Gasteiger partial charge in [-0.2, -0.15) is 9.78 Å². The molecule has 0 spiro atoms. The van der Waals surface area contributed by atoms with E-state index in [1.54, 1.807) is 0 Å². The minimum absolute atomic E-state index is 0.113. The lowest BCUT2D eigenvalue weighted by molar-refractivity contribution is -0.144. The summed E-state index contributed by atoms with van der Waals surface area (Å²) in [6.07, 6.45) is 2.17. The molecule has 6 nitrogen and oxygen atoms in total. The average Bonchev–Trinajstić information content (AvgIpc) is 2.84. The summed E-state index contributed by atoms with van der Waals surface area (Å²) < 4.78 is 0. The summed E-state index contributed by atoms with van der Waals surface area (Å²) in [5.41, 5.74) is 0. The third-order valence-corrected chi connectivity index (χ3v) is 2.01. The number of unbranched alkanes of at least 4 members (excludes halogenated alkanes) is 2.